The molecule has 1 nitrogen and oxygen atoms in total. The molecule has 0 fully saturated rings. The second kappa shape index (κ2) is 9.00. The first-order chi connectivity index (χ1) is 7.64. The third-order valence-electron chi connectivity index (χ3n) is 3.73. The minimum atomic E-state index is -1.33. The lowest BCUT2D eigenvalue weighted by Crippen LogP contribution is -2.43. The van der Waals surface area contributed by atoms with Crippen LogP contribution in [0.2, 0.25) is 12.1 Å². The van der Waals surface area contributed by atoms with E-state index in [1.807, 2.05) is 0 Å². The van der Waals surface area contributed by atoms with Crippen LogP contribution in [0.3, 0.4) is 0 Å². The zero-order valence-corrected chi connectivity index (χ0v) is 12.8. The Balaban J connectivity index is 4.53. The summed E-state index contributed by atoms with van der Waals surface area (Å²) in [6.07, 6.45) is 11.3. The van der Waals surface area contributed by atoms with Gasteiger partial charge >= 0.3 is 0 Å². The molecule has 1 unspecified atom stereocenters. The minimum Gasteiger partial charge on any atom is -0.333 e. The Morgan fingerprint density at radius 2 is 1.62 bits per heavy atom. The molecule has 2 N–H and O–H groups in total. The van der Waals surface area contributed by atoms with Gasteiger partial charge in [0.05, 0.1) is 8.07 Å². The normalized spacial score (nSPS) is 15.9. The van der Waals surface area contributed by atoms with Crippen molar-refractivity contribution < 1.29 is 0 Å². The van der Waals surface area contributed by atoms with Crippen LogP contribution in [0, 0.1) is 0 Å². The van der Waals surface area contributed by atoms with Gasteiger partial charge in [-0.25, -0.2) is 0 Å². The highest BCUT2D eigenvalue weighted by Gasteiger charge is 2.31. The molecule has 0 rings (SSSR count). The Bertz CT molecular complexity index is 183. The van der Waals surface area contributed by atoms with E-state index < -0.39 is 8.07 Å². The monoisotopic (exact) mass is 241 g/mol. The zero-order chi connectivity index (χ0) is 12.4. The third-order valence-corrected chi connectivity index (χ3v) is 8.15. The lowest BCUT2D eigenvalue weighted by molar-refractivity contribution is 0.585. The van der Waals surface area contributed by atoms with Crippen LogP contribution in [0.5, 0.6) is 0 Å². The highest BCUT2D eigenvalue weighted by Crippen LogP contribution is 2.33. The van der Waals surface area contributed by atoms with Crippen molar-refractivity contribution in [2.45, 2.75) is 71.4 Å². The van der Waals surface area contributed by atoms with E-state index in [1.165, 1.54) is 38.5 Å². The van der Waals surface area contributed by atoms with Gasteiger partial charge in [-0.1, -0.05) is 70.7 Å². The maximum Gasteiger partial charge on any atom is 0.0911 e. The molecule has 0 aliphatic heterocycles. The molecule has 0 amide bonds. The summed E-state index contributed by atoms with van der Waals surface area (Å²) in [5.41, 5.74) is 9.41. The largest absolute Gasteiger partial charge is 0.333 e. The second-order valence-corrected chi connectivity index (χ2v) is 9.76. The topological polar surface area (TPSA) is 26.0 Å². The molecular formula is C14H31NSi. The number of unbranched alkanes of at least 4 members (excludes halogenated alkanes) is 2. The van der Waals surface area contributed by atoms with Crippen LogP contribution in [0.1, 0.15) is 59.3 Å². The van der Waals surface area contributed by atoms with Gasteiger partial charge in [-0.2, -0.15) is 0 Å². The fourth-order valence-corrected chi connectivity index (χ4v) is 5.69. The van der Waals surface area contributed by atoms with Crippen molar-refractivity contribution in [3.05, 3.63) is 11.8 Å². The highest BCUT2D eigenvalue weighted by atomic mass is 28.3. The Morgan fingerprint density at radius 3 is 1.94 bits per heavy atom. The Hall–Kier alpha value is -0.0831. The molecule has 0 aliphatic rings. The van der Waals surface area contributed by atoms with Crippen LogP contribution in [-0.4, -0.2) is 14.2 Å². The third kappa shape index (κ3) is 5.31. The van der Waals surface area contributed by atoms with Crippen LogP contribution < -0.4 is 5.73 Å². The van der Waals surface area contributed by atoms with Crippen molar-refractivity contribution in [1.82, 2.24) is 0 Å². The maximum absolute atomic E-state index is 6.05. The zero-order valence-electron chi connectivity index (χ0n) is 11.8. The molecular weight excluding hydrogens is 210 g/mol. The summed E-state index contributed by atoms with van der Waals surface area (Å²) in [6.45, 7) is 9.17. The molecule has 0 heterocycles. The van der Waals surface area contributed by atoms with Gasteiger partial charge in [-0.05, 0) is 18.6 Å². The van der Waals surface area contributed by atoms with E-state index in [4.69, 9.17) is 5.73 Å². The minimum absolute atomic E-state index is 0.897. The summed E-state index contributed by atoms with van der Waals surface area (Å²) in [5, 5.41) is 0. The van der Waals surface area contributed by atoms with E-state index in [-0.39, 0.29) is 0 Å². The lowest BCUT2D eigenvalue weighted by atomic mass is 10.1. The summed E-state index contributed by atoms with van der Waals surface area (Å²) in [5.74, 6) is 0. The molecule has 0 aromatic carbocycles. The van der Waals surface area contributed by atoms with E-state index in [0.29, 0.717) is 0 Å². The molecule has 0 saturated carbocycles. The lowest BCUT2D eigenvalue weighted by Gasteiger charge is -2.32. The molecule has 0 bridgehead atoms. The van der Waals surface area contributed by atoms with Gasteiger partial charge in [-0.3, -0.25) is 0 Å². The molecule has 0 aromatic rings. The van der Waals surface area contributed by atoms with Crippen molar-refractivity contribution in [2.24, 2.45) is 5.73 Å². The fraction of sp³-hybridized carbons (Fsp3) is 0.857. The molecule has 0 aliphatic carbocycles. The van der Waals surface area contributed by atoms with Gasteiger partial charge in [0.15, 0.2) is 0 Å². The van der Waals surface area contributed by atoms with Crippen molar-refractivity contribution in [2.75, 3.05) is 6.17 Å². The van der Waals surface area contributed by atoms with Crippen LogP contribution >= 0.6 is 0 Å². The highest BCUT2D eigenvalue weighted by molar-refractivity contribution is 6.84. The number of hydrogen-bond donors (Lipinski definition) is 1. The molecule has 2 heteroatoms. The predicted molar refractivity (Wildman–Crippen MR) is 78.3 cm³/mol. The Kier molecular flexibility index (Phi) is 8.95. The molecule has 16 heavy (non-hydrogen) atoms. The predicted octanol–water partition coefficient (Wildman–Crippen LogP) is 4.43. The van der Waals surface area contributed by atoms with E-state index in [2.05, 4.69) is 39.1 Å². The molecule has 0 spiro atoms. The van der Waals surface area contributed by atoms with Gasteiger partial charge in [-0.15, -0.1) is 0 Å². The van der Waals surface area contributed by atoms with E-state index >= 15 is 0 Å². The van der Waals surface area contributed by atoms with Gasteiger partial charge in [0.1, 0.15) is 0 Å². The van der Waals surface area contributed by atoms with Gasteiger partial charge < -0.3 is 5.73 Å². The first-order valence-corrected chi connectivity index (χ1v) is 9.84. The van der Waals surface area contributed by atoms with Crippen molar-refractivity contribution in [3.8, 4) is 0 Å². The van der Waals surface area contributed by atoms with Crippen molar-refractivity contribution >= 4 is 8.07 Å². The van der Waals surface area contributed by atoms with E-state index in [9.17, 15) is 0 Å². The first-order valence-electron chi connectivity index (χ1n) is 6.98. The molecule has 0 aromatic heterocycles. The Morgan fingerprint density at radius 1 is 1.12 bits per heavy atom. The number of rotatable bonds is 9. The summed E-state index contributed by atoms with van der Waals surface area (Å²) in [4.78, 5) is 0. The van der Waals surface area contributed by atoms with E-state index in [0.717, 1.165) is 11.7 Å². The average molecular weight is 241 g/mol. The second-order valence-electron chi connectivity index (χ2n) is 5.19. The van der Waals surface area contributed by atoms with Crippen LogP contribution in [0.4, 0.5) is 0 Å². The standard InChI is InChI=1S/C14H31NSi/c1-5-8-10-14(11-9-6-2)16(4,13-15)12-7-3/h7,12,14H,5-6,8-11,13,15H2,1-4H3. The first kappa shape index (κ1) is 15.9. The molecule has 1 atom stereocenters. The number of nitrogens with two attached hydrogens (primary N) is 1. The summed E-state index contributed by atoms with van der Waals surface area (Å²) >= 11 is 0. The number of allylic oxidation sites excluding steroid dienone is 1. The van der Waals surface area contributed by atoms with Gasteiger partial charge in [0, 0.05) is 0 Å². The molecule has 96 valence electrons. The molecule has 0 radical (unpaired) electrons. The fourth-order valence-electron chi connectivity index (χ4n) is 2.46. The SMILES string of the molecule is CC=C[Si](C)(CN)C(CCCC)CCCC. The molecule has 0 saturated heterocycles. The average Bonchev–Trinajstić information content (AvgIpc) is 2.29. The number of hydrogen-bond acceptors (Lipinski definition) is 1. The smallest absolute Gasteiger partial charge is 0.0911 e. The quantitative estimate of drug-likeness (QED) is 0.594. The van der Waals surface area contributed by atoms with Crippen LogP contribution in [-0.2, 0) is 0 Å². The maximum atomic E-state index is 6.05. The van der Waals surface area contributed by atoms with Crippen LogP contribution in [0.15, 0.2) is 11.8 Å². The van der Waals surface area contributed by atoms with Crippen LogP contribution in [0.25, 0.3) is 0 Å². The van der Waals surface area contributed by atoms with Gasteiger partial charge in [0.2, 0.25) is 0 Å². The summed E-state index contributed by atoms with van der Waals surface area (Å²) < 4.78 is 0. The van der Waals surface area contributed by atoms with Crippen molar-refractivity contribution in [3.63, 3.8) is 0 Å². The summed E-state index contributed by atoms with van der Waals surface area (Å²) in [7, 11) is -1.33. The summed E-state index contributed by atoms with van der Waals surface area (Å²) in [6, 6.07) is 0. The Labute approximate surface area is 104 Å². The van der Waals surface area contributed by atoms with Gasteiger partial charge in [0.25, 0.3) is 0 Å². The van der Waals surface area contributed by atoms with E-state index in [1.54, 1.807) is 0 Å². The van der Waals surface area contributed by atoms with Crippen molar-refractivity contribution in [1.29, 1.82) is 0 Å².